The van der Waals surface area contributed by atoms with Gasteiger partial charge in [0.25, 0.3) is 0 Å². The third-order valence-corrected chi connectivity index (χ3v) is 0.707. The fraction of sp³-hybridized carbons (Fsp3) is 0.200. The Bertz CT molecular complexity index is 72.0. The lowest BCUT2D eigenvalue weighted by molar-refractivity contribution is 1.74. The molecule has 0 aliphatic rings. The fourth-order valence-corrected chi connectivity index (χ4v) is 0.540. The van der Waals surface area contributed by atoms with Crippen LogP contribution in [0.1, 0.15) is 6.92 Å². The van der Waals surface area contributed by atoms with Crippen LogP contribution in [0.5, 0.6) is 0 Å². The van der Waals surface area contributed by atoms with E-state index in [1.54, 1.807) is 0 Å². The van der Waals surface area contributed by atoms with Crippen molar-refractivity contribution in [3.8, 4) is 0 Å². The van der Waals surface area contributed by atoms with Gasteiger partial charge in [-0.05, 0) is 29.5 Å². The van der Waals surface area contributed by atoms with E-state index in [9.17, 15) is 0 Å². The van der Waals surface area contributed by atoms with Crippen LogP contribution in [0, 0.1) is 0 Å². The third kappa shape index (κ3) is 4.21. The molecule has 0 atom stereocenters. The SMILES string of the molecule is C=C(I)/C=C\C. The van der Waals surface area contributed by atoms with E-state index >= 15 is 0 Å². The summed E-state index contributed by atoms with van der Waals surface area (Å²) in [6, 6.07) is 0. The van der Waals surface area contributed by atoms with E-state index < -0.39 is 0 Å². The smallest absolute Gasteiger partial charge is 0.00547 e. The molecule has 0 radical (unpaired) electrons. The van der Waals surface area contributed by atoms with Gasteiger partial charge in [-0.1, -0.05) is 18.7 Å². The zero-order valence-electron chi connectivity index (χ0n) is 3.74. The van der Waals surface area contributed by atoms with Crippen molar-refractivity contribution in [2.75, 3.05) is 0 Å². The van der Waals surface area contributed by atoms with Crippen molar-refractivity contribution >= 4 is 22.6 Å². The van der Waals surface area contributed by atoms with Gasteiger partial charge >= 0.3 is 0 Å². The summed E-state index contributed by atoms with van der Waals surface area (Å²) in [6.45, 7) is 5.62. The van der Waals surface area contributed by atoms with Crippen LogP contribution >= 0.6 is 22.6 Å². The predicted molar refractivity (Wildman–Crippen MR) is 38.0 cm³/mol. The molecule has 0 rings (SSSR count). The second kappa shape index (κ2) is 3.40. The number of halogens is 1. The highest BCUT2D eigenvalue weighted by Gasteiger charge is 1.66. The molecule has 1 heteroatoms. The second-order valence-corrected chi connectivity index (χ2v) is 2.33. The summed E-state index contributed by atoms with van der Waals surface area (Å²) in [5.74, 6) is 0. The highest BCUT2D eigenvalue weighted by atomic mass is 127. The summed E-state index contributed by atoms with van der Waals surface area (Å²) in [4.78, 5) is 0. The van der Waals surface area contributed by atoms with E-state index in [1.165, 1.54) is 0 Å². The zero-order valence-corrected chi connectivity index (χ0v) is 5.90. The van der Waals surface area contributed by atoms with Crippen LogP contribution in [0.2, 0.25) is 0 Å². The Kier molecular flexibility index (Phi) is 3.52. The van der Waals surface area contributed by atoms with E-state index in [1.807, 2.05) is 19.1 Å². The van der Waals surface area contributed by atoms with Gasteiger partial charge < -0.3 is 0 Å². The molecule has 0 amide bonds. The molecule has 0 N–H and O–H groups in total. The summed E-state index contributed by atoms with van der Waals surface area (Å²) in [5, 5.41) is 0. The maximum absolute atomic E-state index is 3.64. The average molecular weight is 194 g/mol. The molecule has 0 nitrogen and oxygen atoms in total. The van der Waals surface area contributed by atoms with Crippen LogP contribution in [0.25, 0.3) is 0 Å². The molecule has 0 spiro atoms. The molecular formula is C5H7I. The number of hydrogen-bond acceptors (Lipinski definition) is 0. The van der Waals surface area contributed by atoms with Gasteiger partial charge in [0.1, 0.15) is 0 Å². The molecule has 34 valence electrons. The van der Waals surface area contributed by atoms with Crippen molar-refractivity contribution < 1.29 is 0 Å². The first kappa shape index (κ1) is 6.21. The maximum atomic E-state index is 3.64. The Morgan fingerprint density at radius 3 is 2.33 bits per heavy atom. The van der Waals surface area contributed by atoms with Crippen LogP contribution in [0.3, 0.4) is 0 Å². The molecular weight excluding hydrogens is 187 g/mol. The first-order chi connectivity index (χ1) is 2.77. The Hall–Kier alpha value is 0.210. The average Bonchev–Trinajstić information content (AvgIpc) is 1.35. The quantitative estimate of drug-likeness (QED) is 0.444. The van der Waals surface area contributed by atoms with Gasteiger partial charge in [-0.3, -0.25) is 0 Å². The van der Waals surface area contributed by atoms with E-state index in [-0.39, 0.29) is 0 Å². The van der Waals surface area contributed by atoms with E-state index in [2.05, 4.69) is 29.2 Å². The monoisotopic (exact) mass is 194 g/mol. The Labute approximate surface area is 52.1 Å². The van der Waals surface area contributed by atoms with Crippen molar-refractivity contribution in [1.82, 2.24) is 0 Å². The summed E-state index contributed by atoms with van der Waals surface area (Å²) in [5.41, 5.74) is 0. The summed E-state index contributed by atoms with van der Waals surface area (Å²) in [6.07, 6.45) is 3.93. The minimum absolute atomic E-state index is 1.08. The normalized spacial score (nSPS) is 9.67. The van der Waals surface area contributed by atoms with E-state index in [0.717, 1.165) is 3.58 Å². The number of allylic oxidation sites excluding steroid dienone is 3. The molecule has 0 bridgehead atoms. The Balaban J connectivity index is 3.30. The van der Waals surface area contributed by atoms with Crippen molar-refractivity contribution in [2.45, 2.75) is 6.92 Å². The van der Waals surface area contributed by atoms with Crippen LogP contribution < -0.4 is 0 Å². The lowest BCUT2D eigenvalue weighted by Crippen LogP contribution is -1.47. The first-order valence-corrected chi connectivity index (χ1v) is 2.82. The maximum Gasteiger partial charge on any atom is 0.00547 e. The third-order valence-electron chi connectivity index (χ3n) is 0.348. The molecule has 0 aliphatic heterocycles. The van der Waals surface area contributed by atoms with Gasteiger partial charge in [-0.25, -0.2) is 0 Å². The molecule has 0 aliphatic carbocycles. The lowest BCUT2D eigenvalue weighted by atomic mass is 10.5. The summed E-state index contributed by atoms with van der Waals surface area (Å²) >= 11 is 2.16. The van der Waals surface area contributed by atoms with Crippen molar-refractivity contribution in [3.63, 3.8) is 0 Å². The topological polar surface area (TPSA) is 0 Å². The molecule has 0 aromatic carbocycles. The van der Waals surface area contributed by atoms with Gasteiger partial charge in [0.15, 0.2) is 0 Å². The van der Waals surface area contributed by atoms with E-state index in [4.69, 9.17) is 0 Å². The van der Waals surface area contributed by atoms with Gasteiger partial charge in [0.05, 0.1) is 0 Å². The second-order valence-electron chi connectivity index (χ2n) is 0.947. The van der Waals surface area contributed by atoms with Gasteiger partial charge in [0.2, 0.25) is 0 Å². The molecule has 0 aromatic heterocycles. The minimum atomic E-state index is 1.08. The molecule has 0 aromatic rings. The molecule has 0 unspecified atom stereocenters. The Morgan fingerprint density at radius 2 is 2.33 bits per heavy atom. The van der Waals surface area contributed by atoms with Crippen molar-refractivity contribution in [3.05, 3.63) is 22.3 Å². The van der Waals surface area contributed by atoms with Crippen LogP contribution in [-0.4, -0.2) is 0 Å². The molecule has 0 fully saturated rings. The zero-order chi connectivity index (χ0) is 4.99. The van der Waals surface area contributed by atoms with Crippen LogP contribution in [0.4, 0.5) is 0 Å². The molecule has 6 heavy (non-hydrogen) atoms. The van der Waals surface area contributed by atoms with Gasteiger partial charge in [-0.2, -0.15) is 0 Å². The standard InChI is InChI=1S/C5H7I/c1-3-4-5(2)6/h3-4H,2H2,1H3/b4-3-. The van der Waals surface area contributed by atoms with Crippen LogP contribution in [0.15, 0.2) is 22.3 Å². The number of rotatable bonds is 1. The Morgan fingerprint density at radius 1 is 1.83 bits per heavy atom. The van der Waals surface area contributed by atoms with Crippen molar-refractivity contribution in [1.29, 1.82) is 0 Å². The summed E-state index contributed by atoms with van der Waals surface area (Å²) < 4.78 is 1.08. The van der Waals surface area contributed by atoms with E-state index in [0.29, 0.717) is 0 Å². The highest BCUT2D eigenvalue weighted by molar-refractivity contribution is 14.1. The highest BCUT2D eigenvalue weighted by Crippen LogP contribution is 2.00. The van der Waals surface area contributed by atoms with Crippen LogP contribution in [-0.2, 0) is 0 Å². The number of hydrogen-bond donors (Lipinski definition) is 0. The van der Waals surface area contributed by atoms with Gasteiger partial charge in [0, 0.05) is 3.58 Å². The van der Waals surface area contributed by atoms with Crippen molar-refractivity contribution in [2.24, 2.45) is 0 Å². The minimum Gasteiger partial charge on any atom is -0.0866 e. The van der Waals surface area contributed by atoms with Gasteiger partial charge in [-0.15, -0.1) is 0 Å². The molecule has 0 saturated carbocycles. The summed E-state index contributed by atoms with van der Waals surface area (Å²) in [7, 11) is 0. The lowest BCUT2D eigenvalue weighted by Gasteiger charge is -1.73. The predicted octanol–water partition coefficient (Wildman–Crippen LogP) is 2.51. The fourth-order valence-electron chi connectivity index (χ4n) is 0.181. The first-order valence-electron chi connectivity index (χ1n) is 1.74. The molecule has 0 heterocycles. The molecule has 0 saturated heterocycles. The largest absolute Gasteiger partial charge is 0.0866 e.